The molecule has 218 valence electrons. The second-order valence-electron chi connectivity index (χ2n) is 12.5. The summed E-state index contributed by atoms with van der Waals surface area (Å²) < 4.78 is 16.8. The number of halogens is 2. The van der Waals surface area contributed by atoms with Gasteiger partial charge >= 0.3 is 17.9 Å². The molecule has 0 radical (unpaired) electrons. The van der Waals surface area contributed by atoms with Crippen molar-refractivity contribution in [2.45, 2.75) is 99.4 Å². The monoisotopic (exact) mass is 586 g/mol. The van der Waals surface area contributed by atoms with Gasteiger partial charge in [0.15, 0.2) is 11.9 Å². The number of hydrogen-bond acceptors (Lipinski definition) is 8. The third kappa shape index (κ3) is 4.94. The van der Waals surface area contributed by atoms with Crippen LogP contribution in [0.5, 0.6) is 0 Å². The van der Waals surface area contributed by atoms with E-state index in [0.717, 1.165) is 5.57 Å². The minimum absolute atomic E-state index is 0.0200. The Balaban J connectivity index is 0.00000134. The Morgan fingerprint density at radius 1 is 1.00 bits per heavy atom. The Bertz CT molecular complexity index is 1100. The molecule has 4 rings (SSSR count). The molecular formula is C29H40Cl2O8. The van der Waals surface area contributed by atoms with Crippen LogP contribution in [0.1, 0.15) is 81.1 Å². The molecule has 1 saturated heterocycles. The molecule has 0 aromatic heterocycles. The van der Waals surface area contributed by atoms with Crippen molar-refractivity contribution in [1.82, 2.24) is 0 Å². The van der Waals surface area contributed by atoms with Crippen LogP contribution >= 0.6 is 23.2 Å². The Kier molecular flexibility index (Phi) is 8.76. The second kappa shape index (κ2) is 10.8. The zero-order valence-corrected chi connectivity index (χ0v) is 25.5. The van der Waals surface area contributed by atoms with Gasteiger partial charge < -0.3 is 14.2 Å². The van der Waals surface area contributed by atoms with Crippen molar-refractivity contribution < 1.29 is 38.2 Å². The maximum absolute atomic E-state index is 14.2. The standard InChI is InChI=1S/C28H38O8.CH2Cl2/c1-14-23(33)27(7)12-21(31)28(8)18-11-19(35-15(2)29)24(36-16(3)30)25(4,5)17(18)9-10-20(28)26(27,6)13-22(32)34-14;2-1-3/h9,14,18-20,24H,10-13H2,1-8H3;1H2/t14-,18+,19-,20-,24+,26-,27+,28-;/m0./s1. The fraction of sp³-hybridized carbons (Fsp3) is 0.759. The molecule has 3 fully saturated rings. The second-order valence-corrected chi connectivity index (χ2v) is 13.4. The number of fused-ring (bicyclic) bond motifs is 5. The fourth-order valence-corrected chi connectivity index (χ4v) is 8.13. The lowest BCUT2D eigenvalue weighted by Crippen LogP contribution is -2.66. The molecule has 0 aromatic rings. The fourth-order valence-electron chi connectivity index (χ4n) is 8.13. The highest BCUT2D eigenvalue weighted by molar-refractivity contribution is 6.40. The molecule has 8 atom stereocenters. The zero-order chi connectivity index (χ0) is 29.7. The van der Waals surface area contributed by atoms with E-state index in [9.17, 15) is 24.0 Å². The van der Waals surface area contributed by atoms with Gasteiger partial charge in [-0.3, -0.25) is 24.0 Å². The topological polar surface area (TPSA) is 113 Å². The summed E-state index contributed by atoms with van der Waals surface area (Å²) in [5.41, 5.74) is -2.44. The van der Waals surface area contributed by atoms with Gasteiger partial charge in [-0.15, -0.1) is 23.2 Å². The van der Waals surface area contributed by atoms with E-state index in [1.165, 1.54) is 13.8 Å². The molecule has 2 saturated carbocycles. The van der Waals surface area contributed by atoms with Crippen LogP contribution in [0.2, 0.25) is 0 Å². The summed E-state index contributed by atoms with van der Waals surface area (Å²) in [6, 6.07) is 0. The Labute approximate surface area is 240 Å². The van der Waals surface area contributed by atoms with Crippen molar-refractivity contribution in [2.24, 2.45) is 33.5 Å². The molecule has 0 spiro atoms. The molecule has 1 aliphatic heterocycles. The number of carbonyl (C=O) groups excluding carboxylic acids is 5. The number of carbonyl (C=O) groups is 5. The normalized spacial score (nSPS) is 40.7. The van der Waals surface area contributed by atoms with Gasteiger partial charge in [-0.1, -0.05) is 46.3 Å². The molecule has 0 amide bonds. The van der Waals surface area contributed by atoms with Gasteiger partial charge in [-0.2, -0.15) is 0 Å². The summed E-state index contributed by atoms with van der Waals surface area (Å²) in [6.07, 6.45) is 0.665. The first-order chi connectivity index (χ1) is 17.9. The van der Waals surface area contributed by atoms with Gasteiger partial charge in [0.1, 0.15) is 18.0 Å². The van der Waals surface area contributed by atoms with Crippen molar-refractivity contribution in [3.63, 3.8) is 0 Å². The van der Waals surface area contributed by atoms with E-state index >= 15 is 0 Å². The quantitative estimate of drug-likeness (QED) is 0.189. The number of esters is 3. The summed E-state index contributed by atoms with van der Waals surface area (Å²) >= 11 is 9.53. The highest BCUT2D eigenvalue weighted by atomic mass is 35.5. The van der Waals surface area contributed by atoms with Crippen LogP contribution in [0.25, 0.3) is 0 Å². The molecule has 10 heteroatoms. The summed E-state index contributed by atoms with van der Waals surface area (Å²) in [5, 5.41) is 0.194. The molecule has 0 N–H and O–H groups in total. The number of cyclic esters (lactones) is 1. The van der Waals surface area contributed by atoms with E-state index in [2.05, 4.69) is 6.08 Å². The van der Waals surface area contributed by atoms with Crippen LogP contribution < -0.4 is 0 Å². The molecule has 4 aliphatic rings. The lowest BCUT2D eigenvalue weighted by molar-refractivity contribution is -0.194. The maximum atomic E-state index is 14.2. The van der Waals surface area contributed by atoms with Crippen molar-refractivity contribution in [2.75, 3.05) is 5.34 Å². The van der Waals surface area contributed by atoms with Crippen LogP contribution in [0.15, 0.2) is 11.6 Å². The predicted molar refractivity (Wildman–Crippen MR) is 145 cm³/mol. The van der Waals surface area contributed by atoms with Crippen LogP contribution in [-0.2, 0) is 38.2 Å². The van der Waals surface area contributed by atoms with E-state index in [4.69, 9.17) is 37.4 Å². The highest BCUT2D eigenvalue weighted by Crippen LogP contribution is 2.69. The van der Waals surface area contributed by atoms with E-state index < -0.39 is 57.9 Å². The average Bonchev–Trinajstić information content (AvgIpc) is 2.86. The number of rotatable bonds is 2. The molecule has 0 bridgehead atoms. The Hall–Kier alpha value is -1.93. The molecule has 3 aliphatic carbocycles. The predicted octanol–water partition coefficient (Wildman–Crippen LogP) is 5.16. The molecule has 0 aromatic carbocycles. The minimum atomic E-state index is -1.04. The van der Waals surface area contributed by atoms with E-state index in [1.807, 2.05) is 34.6 Å². The summed E-state index contributed by atoms with van der Waals surface area (Å²) in [5.74, 6) is -2.22. The lowest BCUT2D eigenvalue weighted by Gasteiger charge is -2.64. The lowest BCUT2D eigenvalue weighted by atomic mass is 9.37. The van der Waals surface area contributed by atoms with Gasteiger partial charge in [0.05, 0.1) is 11.8 Å². The van der Waals surface area contributed by atoms with Crippen LogP contribution in [-0.4, -0.2) is 53.1 Å². The Morgan fingerprint density at radius 2 is 1.56 bits per heavy atom. The van der Waals surface area contributed by atoms with Crippen LogP contribution in [0.3, 0.4) is 0 Å². The summed E-state index contributed by atoms with van der Waals surface area (Å²) in [6.45, 7) is 13.8. The van der Waals surface area contributed by atoms with Gasteiger partial charge in [-0.25, -0.2) is 0 Å². The van der Waals surface area contributed by atoms with Crippen molar-refractivity contribution >= 4 is 52.7 Å². The van der Waals surface area contributed by atoms with Crippen molar-refractivity contribution in [3.8, 4) is 0 Å². The summed E-state index contributed by atoms with van der Waals surface area (Å²) in [4.78, 5) is 64.5. The van der Waals surface area contributed by atoms with Crippen LogP contribution in [0.4, 0.5) is 0 Å². The molecule has 0 unspecified atom stereocenters. The Morgan fingerprint density at radius 3 is 2.10 bits per heavy atom. The number of Topliss-reactive ketones (excluding diaryl/α,β-unsaturated/α-hetero) is 2. The van der Waals surface area contributed by atoms with Crippen molar-refractivity contribution in [3.05, 3.63) is 11.6 Å². The number of alkyl halides is 2. The minimum Gasteiger partial charge on any atom is -0.459 e. The summed E-state index contributed by atoms with van der Waals surface area (Å²) in [7, 11) is 0. The van der Waals surface area contributed by atoms with Crippen LogP contribution in [0, 0.1) is 33.5 Å². The number of hydrogen-bond donors (Lipinski definition) is 0. The number of ketones is 2. The first-order valence-electron chi connectivity index (χ1n) is 13.4. The number of ether oxygens (including phenoxy) is 3. The largest absolute Gasteiger partial charge is 0.459 e. The van der Waals surface area contributed by atoms with E-state index in [1.54, 1.807) is 6.92 Å². The van der Waals surface area contributed by atoms with Gasteiger partial charge in [0.2, 0.25) is 0 Å². The third-order valence-electron chi connectivity index (χ3n) is 10.1. The molecule has 8 nitrogen and oxygen atoms in total. The third-order valence-corrected chi connectivity index (χ3v) is 10.1. The smallest absolute Gasteiger partial charge is 0.307 e. The van der Waals surface area contributed by atoms with E-state index in [-0.39, 0.29) is 41.6 Å². The average molecular weight is 588 g/mol. The van der Waals surface area contributed by atoms with Gasteiger partial charge in [0.25, 0.3) is 0 Å². The van der Waals surface area contributed by atoms with Crippen molar-refractivity contribution in [1.29, 1.82) is 0 Å². The molecular weight excluding hydrogens is 547 g/mol. The zero-order valence-electron chi connectivity index (χ0n) is 24.0. The first kappa shape index (κ1) is 31.6. The number of allylic oxidation sites excluding steroid dienone is 1. The van der Waals surface area contributed by atoms with E-state index in [0.29, 0.717) is 12.8 Å². The first-order valence-corrected chi connectivity index (χ1v) is 14.4. The molecule has 1 heterocycles. The highest BCUT2D eigenvalue weighted by Gasteiger charge is 2.71. The molecule has 39 heavy (non-hydrogen) atoms. The van der Waals surface area contributed by atoms with Gasteiger partial charge in [-0.05, 0) is 37.0 Å². The maximum Gasteiger partial charge on any atom is 0.307 e. The van der Waals surface area contributed by atoms with Gasteiger partial charge in [0, 0.05) is 36.5 Å². The SMILES string of the molecule is CC(=O)O[C@H]1C[C@@H]2C(=CC[C@@H]3[C@@]2(C)C(=O)C[C@]2(C)C(=O)[C@H](C)OC(=O)C[C@@]32C)C(C)(C)[C@@H]1OC(C)=O.ClCCl.